The zero-order valence-corrected chi connectivity index (χ0v) is 24.4. The second-order valence-corrected chi connectivity index (χ2v) is 13.2. The van der Waals surface area contributed by atoms with Crippen molar-refractivity contribution in [1.82, 2.24) is 9.97 Å². The number of nitrogens with one attached hydrogen (secondary N) is 1. The fourth-order valence-corrected chi connectivity index (χ4v) is 9.12. The van der Waals surface area contributed by atoms with Gasteiger partial charge in [0.15, 0.2) is 5.16 Å². The standard InChI is InChI=1S/C33H26N4OS3/c34-31-28-24-18-26(21-11-3-1-4-12-21)40-29(22-13-5-2-6-14-22)30(24)41-32(28)37-33(36-31)39-19-27(38)35-25-17-9-15-20-10-7-8-16-23(20)25/h1-17,26,29H,18-19H2,(H,35,38)(H2,34,36,37)/t26-,29-/m1/s1. The molecule has 0 radical (unpaired) electrons. The monoisotopic (exact) mass is 590 g/mol. The molecule has 2 aromatic heterocycles. The lowest BCUT2D eigenvalue weighted by atomic mass is 9.98. The van der Waals surface area contributed by atoms with Crippen LogP contribution in [0.2, 0.25) is 0 Å². The number of hydrogen-bond acceptors (Lipinski definition) is 7. The van der Waals surface area contributed by atoms with Crippen LogP contribution in [0.1, 0.15) is 32.1 Å². The summed E-state index contributed by atoms with van der Waals surface area (Å²) in [5.74, 6) is 0.568. The average molecular weight is 591 g/mol. The SMILES string of the molecule is Nc1nc(SCC(=O)Nc2cccc3ccccc23)nc2sc3c(c12)C[C@H](c1ccccc1)S[C@@H]3c1ccccc1. The number of rotatable bonds is 6. The zero-order chi connectivity index (χ0) is 27.8. The molecule has 202 valence electrons. The van der Waals surface area contributed by atoms with Gasteiger partial charge in [-0.3, -0.25) is 4.79 Å². The number of nitrogen functional groups attached to an aromatic ring is 1. The number of amides is 1. The van der Waals surface area contributed by atoms with Gasteiger partial charge in [0, 0.05) is 21.2 Å². The fraction of sp³-hybridized carbons (Fsp3) is 0.121. The Kier molecular flexibility index (Phi) is 7.12. The van der Waals surface area contributed by atoms with Gasteiger partial charge in [-0.2, -0.15) is 0 Å². The Hall–Kier alpha value is -3.85. The maximum absolute atomic E-state index is 12.9. The van der Waals surface area contributed by atoms with E-state index in [-0.39, 0.29) is 16.9 Å². The van der Waals surface area contributed by atoms with Gasteiger partial charge in [0.25, 0.3) is 0 Å². The van der Waals surface area contributed by atoms with Crippen LogP contribution in [0.15, 0.2) is 108 Å². The third-order valence-electron chi connectivity index (χ3n) is 7.29. The van der Waals surface area contributed by atoms with E-state index in [1.807, 2.05) is 54.2 Å². The first-order valence-electron chi connectivity index (χ1n) is 13.4. The molecule has 0 spiro atoms. The summed E-state index contributed by atoms with van der Waals surface area (Å²) in [5, 5.41) is 7.11. The lowest BCUT2D eigenvalue weighted by Gasteiger charge is -2.30. The molecule has 4 aromatic carbocycles. The van der Waals surface area contributed by atoms with E-state index < -0.39 is 0 Å². The van der Waals surface area contributed by atoms with Gasteiger partial charge in [0.1, 0.15) is 10.6 Å². The van der Waals surface area contributed by atoms with Crippen LogP contribution in [0.3, 0.4) is 0 Å². The van der Waals surface area contributed by atoms with E-state index in [1.54, 1.807) is 11.3 Å². The van der Waals surface area contributed by atoms with Gasteiger partial charge >= 0.3 is 0 Å². The number of carbonyl (C=O) groups excluding carboxylic acids is 1. The third-order valence-corrected chi connectivity index (χ3v) is 11.0. The summed E-state index contributed by atoms with van der Waals surface area (Å²) in [5.41, 5.74) is 11.3. The first-order valence-corrected chi connectivity index (χ1v) is 16.1. The van der Waals surface area contributed by atoms with Crippen LogP contribution in [-0.4, -0.2) is 21.6 Å². The molecule has 0 fully saturated rings. The molecular formula is C33H26N4OS3. The number of hydrogen-bond donors (Lipinski definition) is 2. The van der Waals surface area contributed by atoms with Crippen molar-refractivity contribution in [2.75, 3.05) is 16.8 Å². The highest BCUT2D eigenvalue weighted by molar-refractivity contribution is 8.00. The molecule has 1 aliphatic heterocycles. The molecule has 41 heavy (non-hydrogen) atoms. The quantitative estimate of drug-likeness (QED) is 0.150. The first-order chi connectivity index (χ1) is 20.1. The predicted molar refractivity (Wildman–Crippen MR) is 174 cm³/mol. The highest BCUT2D eigenvalue weighted by atomic mass is 32.2. The maximum atomic E-state index is 12.9. The Balaban J connectivity index is 1.17. The van der Waals surface area contributed by atoms with Crippen molar-refractivity contribution in [3.05, 3.63) is 125 Å². The van der Waals surface area contributed by atoms with Gasteiger partial charge in [-0.25, -0.2) is 9.97 Å². The van der Waals surface area contributed by atoms with Crippen LogP contribution in [0, 0.1) is 0 Å². The number of nitrogens with zero attached hydrogens (tertiary/aromatic N) is 2. The van der Waals surface area contributed by atoms with Gasteiger partial charge in [-0.1, -0.05) is 109 Å². The summed E-state index contributed by atoms with van der Waals surface area (Å²) < 4.78 is 0. The fourth-order valence-electron chi connectivity index (χ4n) is 5.39. The van der Waals surface area contributed by atoms with Gasteiger partial charge in [-0.05, 0) is 34.6 Å². The largest absolute Gasteiger partial charge is 0.383 e. The Morgan fingerprint density at radius 2 is 1.59 bits per heavy atom. The minimum Gasteiger partial charge on any atom is -0.383 e. The van der Waals surface area contributed by atoms with E-state index in [0.29, 0.717) is 16.2 Å². The van der Waals surface area contributed by atoms with Crippen molar-refractivity contribution in [3.63, 3.8) is 0 Å². The Labute approximate surface area is 250 Å². The second kappa shape index (κ2) is 11.2. The summed E-state index contributed by atoms with van der Waals surface area (Å²) in [6.07, 6.45) is 0.876. The molecule has 3 heterocycles. The average Bonchev–Trinajstić information content (AvgIpc) is 3.39. The number of nitrogens with two attached hydrogens (primary N) is 1. The molecule has 1 aliphatic rings. The summed E-state index contributed by atoms with van der Waals surface area (Å²) in [6, 6.07) is 35.3. The lowest BCUT2D eigenvalue weighted by Crippen LogP contribution is -2.14. The number of anilines is 2. The van der Waals surface area contributed by atoms with Crippen LogP contribution in [0.25, 0.3) is 21.0 Å². The maximum Gasteiger partial charge on any atom is 0.234 e. The zero-order valence-electron chi connectivity index (χ0n) is 22.0. The number of thioether (sulfide) groups is 2. The summed E-state index contributed by atoms with van der Waals surface area (Å²) >= 11 is 5.00. The smallest absolute Gasteiger partial charge is 0.234 e. The van der Waals surface area contributed by atoms with E-state index in [1.165, 1.54) is 33.3 Å². The molecule has 5 nitrogen and oxygen atoms in total. The van der Waals surface area contributed by atoms with Crippen molar-refractivity contribution < 1.29 is 4.79 Å². The molecule has 3 N–H and O–H groups in total. The van der Waals surface area contributed by atoms with E-state index in [2.05, 4.69) is 71.0 Å². The highest BCUT2D eigenvalue weighted by Crippen LogP contribution is 2.55. The number of benzene rings is 4. The molecule has 2 atom stereocenters. The van der Waals surface area contributed by atoms with Crippen LogP contribution in [-0.2, 0) is 11.2 Å². The number of thiophene rings is 1. The molecule has 0 bridgehead atoms. The molecule has 8 heteroatoms. The second-order valence-electron chi connectivity index (χ2n) is 9.91. The van der Waals surface area contributed by atoms with Crippen molar-refractivity contribution >= 4 is 73.3 Å². The Bertz CT molecular complexity index is 1870. The van der Waals surface area contributed by atoms with Gasteiger partial charge in [-0.15, -0.1) is 23.1 Å². The van der Waals surface area contributed by atoms with E-state index in [0.717, 1.165) is 33.1 Å². The third kappa shape index (κ3) is 5.19. The molecule has 0 saturated carbocycles. The number of fused-ring (bicyclic) bond motifs is 4. The molecule has 1 amide bonds. The molecule has 0 saturated heterocycles. The molecular weight excluding hydrogens is 565 g/mol. The normalized spacial score (nSPS) is 16.5. The van der Waals surface area contributed by atoms with Gasteiger partial charge in [0.05, 0.1) is 16.4 Å². The van der Waals surface area contributed by atoms with E-state index >= 15 is 0 Å². The van der Waals surface area contributed by atoms with E-state index in [4.69, 9.17) is 10.7 Å². The molecule has 7 rings (SSSR count). The molecule has 0 unspecified atom stereocenters. The summed E-state index contributed by atoms with van der Waals surface area (Å²) in [7, 11) is 0. The Morgan fingerprint density at radius 3 is 2.39 bits per heavy atom. The van der Waals surface area contributed by atoms with E-state index in [9.17, 15) is 4.79 Å². The van der Waals surface area contributed by atoms with Gasteiger partial charge < -0.3 is 11.1 Å². The number of aromatic nitrogens is 2. The van der Waals surface area contributed by atoms with Crippen molar-refractivity contribution in [2.45, 2.75) is 22.1 Å². The number of carbonyl (C=O) groups is 1. The molecule has 6 aromatic rings. The van der Waals surface area contributed by atoms with Gasteiger partial charge in [0.2, 0.25) is 5.91 Å². The van der Waals surface area contributed by atoms with Crippen molar-refractivity contribution in [3.8, 4) is 0 Å². The minimum absolute atomic E-state index is 0.106. The van der Waals surface area contributed by atoms with Crippen LogP contribution in [0.4, 0.5) is 11.5 Å². The summed E-state index contributed by atoms with van der Waals surface area (Å²) in [6.45, 7) is 0. The minimum atomic E-state index is -0.106. The Morgan fingerprint density at radius 1 is 0.878 bits per heavy atom. The van der Waals surface area contributed by atoms with Crippen molar-refractivity contribution in [2.24, 2.45) is 0 Å². The molecule has 0 aliphatic carbocycles. The lowest BCUT2D eigenvalue weighted by molar-refractivity contribution is -0.113. The first kappa shape index (κ1) is 26.1. The van der Waals surface area contributed by atoms with Crippen LogP contribution in [0.5, 0.6) is 0 Å². The highest BCUT2D eigenvalue weighted by Gasteiger charge is 2.34. The van der Waals surface area contributed by atoms with Crippen LogP contribution >= 0.6 is 34.9 Å². The summed E-state index contributed by atoms with van der Waals surface area (Å²) in [4.78, 5) is 24.6. The van der Waals surface area contributed by atoms with Crippen molar-refractivity contribution in [1.29, 1.82) is 0 Å². The topological polar surface area (TPSA) is 80.9 Å². The predicted octanol–water partition coefficient (Wildman–Crippen LogP) is 8.28. The van der Waals surface area contributed by atoms with Crippen LogP contribution < -0.4 is 11.1 Å².